The summed E-state index contributed by atoms with van der Waals surface area (Å²) >= 11 is 3.58. The molecule has 2 rings (SSSR count). The van der Waals surface area contributed by atoms with E-state index in [0.29, 0.717) is 6.04 Å². The lowest BCUT2D eigenvalue weighted by molar-refractivity contribution is 0.268. The summed E-state index contributed by atoms with van der Waals surface area (Å²) < 4.78 is 7.05. The second-order valence-electron chi connectivity index (χ2n) is 5.16. The molecule has 1 aliphatic heterocycles. The van der Waals surface area contributed by atoms with Crippen LogP contribution in [-0.4, -0.2) is 19.2 Å². The normalized spacial score (nSPS) is 19.8. The van der Waals surface area contributed by atoms with Gasteiger partial charge in [0.2, 0.25) is 0 Å². The van der Waals surface area contributed by atoms with Crippen LogP contribution in [0.1, 0.15) is 36.8 Å². The molecule has 1 unspecified atom stereocenters. The summed E-state index contributed by atoms with van der Waals surface area (Å²) in [7, 11) is 0. The van der Waals surface area contributed by atoms with Crippen LogP contribution in [-0.2, 0) is 0 Å². The fourth-order valence-electron chi connectivity index (χ4n) is 2.48. The SMILES string of the molecule is Cc1cc(OCCC2CCCCN2)cc(C)c1Br. The fraction of sp³-hybridized carbons (Fsp3) is 0.600. The molecule has 0 bridgehead atoms. The summed E-state index contributed by atoms with van der Waals surface area (Å²) in [4.78, 5) is 0. The van der Waals surface area contributed by atoms with Crippen molar-refractivity contribution in [3.05, 3.63) is 27.7 Å². The summed E-state index contributed by atoms with van der Waals surface area (Å²) in [6, 6.07) is 4.85. The molecule has 1 aliphatic rings. The zero-order valence-electron chi connectivity index (χ0n) is 11.3. The number of rotatable bonds is 4. The Balaban J connectivity index is 1.82. The van der Waals surface area contributed by atoms with Crippen molar-refractivity contribution < 1.29 is 4.74 Å². The van der Waals surface area contributed by atoms with Gasteiger partial charge in [0.05, 0.1) is 6.61 Å². The van der Waals surface area contributed by atoms with Gasteiger partial charge in [-0.1, -0.05) is 22.4 Å². The van der Waals surface area contributed by atoms with Crippen LogP contribution in [0.25, 0.3) is 0 Å². The molecule has 0 radical (unpaired) electrons. The van der Waals surface area contributed by atoms with Gasteiger partial charge >= 0.3 is 0 Å². The first-order valence-electron chi connectivity index (χ1n) is 6.80. The molecular weight excluding hydrogens is 290 g/mol. The predicted octanol–water partition coefficient (Wildman–Crippen LogP) is 3.98. The van der Waals surface area contributed by atoms with Crippen molar-refractivity contribution in [1.82, 2.24) is 5.32 Å². The Labute approximate surface area is 118 Å². The van der Waals surface area contributed by atoms with Crippen molar-refractivity contribution in [2.75, 3.05) is 13.2 Å². The molecule has 0 saturated carbocycles. The average Bonchev–Trinajstić information content (AvgIpc) is 2.37. The van der Waals surface area contributed by atoms with Gasteiger partial charge < -0.3 is 10.1 Å². The van der Waals surface area contributed by atoms with Gasteiger partial charge in [-0.15, -0.1) is 0 Å². The van der Waals surface area contributed by atoms with E-state index in [2.05, 4.69) is 47.2 Å². The van der Waals surface area contributed by atoms with Gasteiger partial charge in [0.25, 0.3) is 0 Å². The molecule has 0 aromatic heterocycles. The molecule has 1 N–H and O–H groups in total. The number of ether oxygens (including phenoxy) is 1. The van der Waals surface area contributed by atoms with E-state index >= 15 is 0 Å². The molecular formula is C15H22BrNO. The first kappa shape index (κ1) is 13.9. The fourth-order valence-corrected chi connectivity index (χ4v) is 2.71. The van der Waals surface area contributed by atoms with Crippen molar-refractivity contribution in [2.45, 2.75) is 45.6 Å². The van der Waals surface area contributed by atoms with Crippen molar-refractivity contribution in [3.63, 3.8) is 0 Å². The van der Waals surface area contributed by atoms with Gasteiger partial charge in [-0.3, -0.25) is 0 Å². The minimum absolute atomic E-state index is 0.649. The van der Waals surface area contributed by atoms with Crippen molar-refractivity contribution in [3.8, 4) is 5.75 Å². The lowest BCUT2D eigenvalue weighted by atomic mass is 10.0. The van der Waals surface area contributed by atoms with Gasteiger partial charge in [-0.05, 0) is 62.9 Å². The van der Waals surface area contributed by atoms with E-state index in [1.807, 2.05) is 0 Å². The molecule has 2 nitrogen and oxygen atoms in total. The Bertz CT molecular complexity index is 376. The van der Waals surface area contributed by atoms with Crippen LogP contribution >= 0.6 is 15.9 Å². The maximum absolute atomic E-state index is 5.86. The van der Waals surface area contributed by atoms with Gasteiger partial charge in [0, 0.05) is 10.5 Å². The van der Waals surface area contributed by atoms with E-state index in [1.54, 1.807) is 0 Å². The lowest BCUT2D eigenvalue weighted by Gasteiger charge is -2.23. The minimum Gasteiger partial charge on any atom is -0.494 e. The van der Waals surface area contributed by atoms with Gasteiger partial charge in [-0.25, -0.2) is 0 Å². The monoisotopic (exact) mass is 311 g/mol. The summed E-state index contributed by atoms with van der Waals surface area (Å²) in [5.74, 6) is 0.990. The van der Waals surface area contributed by atoms with Crippen LogP contribution in [0, 0.1) is 13.8 Å². The van der Waals surface area contributed by atoms with E-state index in [-0.39, 0.29) is 0 Å². The Morgan fingerprint density at radius 3 is 2.61 bits per heavy atom. The zero-order chi connectivity index (χ0) is 13.0. The van der Waals surface area contributed by atoms with Gasteiger partial charge in [-0.2, -0.15) is 0 Å². The minimum atomic E-state index is 0.649. The van der Waals surface area contributed by atoms with Crippen LogP contribution in [0.4, 0.5) is 0 Å². The number of hydrogen-bond donors (Lipinski definition) is 1. The highest BCUT2D eigenvalue weighted by Gasteiger charge is 2.12. The van der Waals surface area contributed by atoms with Gasteiger partial charge in [0.15, 0.2) is 0 Å². The molecule has 1 aromatic rings. The summed E-state index contributed by atoms with van der Waals surface area (Å²) in [5.41, 5.74) is 2.47. The largest absolute Gasteiger partial charge is 0.494 e. The molecule has 18 heavy (non-hydrogen) atoms. The highest BCUT2D eigenvalue weighted by atomic mass is 79.9. The molecule has 0 aliphatic carbocycles. The van der Waals surface area contributed by atoms with Crippen molar-refractivity contribution >= 4 is 15.9 Å². The second-order valence-corrected chi connectivity index (χ2v) is 5.95. The van der Waals surface area contributed by atoms with Gasteiger partial charge in [0.1, 0.15) is 5.75 Å². The molecule has 1 fully saturated rings. The van der Waals surface area contributed by atoms with Crippen LogP contribution in [0.5, 0.6) is 5.75 Å². The third-order valence-electron chi connectivity index (χ3n) is 3.56. The average molecular weight is 312 g/mol. The lowest BCUT2D eigenvalue weighted by Crippen LogP contribution is -2.35. The highest BCUT2D eigenvalue weighted by molar-refractivity contribution is 9.10. The van der Waals surface area contributed by atoms with Crippen LogP contribution in [0.2, 0.25) is 0 Å². The Morgan fingerprint density at radius 2 is 2.00 bits per heavy atom. The topological polar surface area (TPSA) is 21.3 Å². The maximum atomic E-state index is 5.86. The number of benzene rings is 1. The number of piperidine rings is 1. The maximum Gasteiger partial charge on any atom is 0.119 e. The zero-order valence-corrected chi connectivity index (χ0v) is 12.8. The molecule has 3 heteroatoms. The first-order valence-corrected chi connectivity index (χ1v) is 7.59. The summed E-state index contributed by atoms with van der Waals surface area (Å²) in [6.45, 7) is 6.18. The quantitative estimate of drug-likeness (QED) is 0.908. The van der Waals surface area contributed by atoms with Crippen molar-refractivity contribution in [2.24, 2.45) is 0 Å². The second kappa shape index (κ2) is 6.58. The Hall–Kier alpha value is -0.540. The number of halogens is 1. The third kappa shape index (κ3) is 3.72. The molecule has 100 valence electrons. The molecule has 1 saturated heterocycles. The summed E-state index contributed by atoms with van der Waals surface area (Å²) in [5, 5.41) is 3.55. The van der Waals surface area contributed by atoms with E-state index in [4.69, 9.17) is 4.74 Å². The van der Waals surface area contributed by atoms with Crippen LogP contribution < -0.4 is 10.1 Å². The van der Waals surface area contributed by atoms with E-state index in [0.717, 1.165) is 18.8 Å². The van der Waals surface area contributed by atoms with E-state index in [9.17, 15) is 0 Å². The van der Waals surface area contributed by atoms with Crippen LogP contribution in [0.15, 0.2) is 16.6 Å². The number of aryl methyl sites for hydroxylation is 2. The summed E-state index contributed by atoms with van der Waals surface area (Å²) in [6.07, 6.45) is 5.08. The van der Waals surface area contributed by atoms with E-state index in [1.165, 1.54) is 41.4 Å². The molecule has 0 spiro atoms. The predicted molar refractivity (Wildman–Crippen MR) is 79.4 cm³/mol. The Kier molecular flexibility index (Phi) is 5.07. The number of nitrogens with one attached hydrogen (secondary N) is 1. The molecule has 1 heterocycles. The smallest absolute Gasteiger partial charge is 0.119 e. The standard InChI is InChI=1S/C15H22BrNO/c1-11-9-14(10-12(2)15(11)16)18-8-6-13-5-3-4-7-17-13/h9-10,13,17H,3-8H2,1-2H3. The molecule has 1 aromatic carbocycles. The molecule has 0 amide bonds. The van der Waals surface area contributed by atoms with Crippen LogP contribution in [0.3, 0.4) is 0 Å². The highest BCUT2D eigenvalue weighted by Crippen LogP contribution is 2.26. The molecule has 1 atom stereocenters. The third-order valence-corrected chi connectivity index (χ3v) is 4.81. The first-order chi connectivity index (χ1) is 8.66. The van der Waals surface area contributed by atoms with Crippen molar-refractivity contribution in [1.29, 1.82) is 0 Å². The number of hydrogen-bond acceptors (Lipinski definition) is 2. The van der Waals surface area contributed by atoms with E-state index < -0.39 is 0 Å². The Morgan fingerprint density at radius 1 is 1.28 bits per heavy atom.